The number of pyridine rings is 1. The molecule has 1 atom stereocenters. The first kappa shape index (κ1) is 20.8. The number of aliphatic hydroxyl groups excluding tert-OH is 1. The molecule has 0 saturated carbocycles. The minimum absolute atomic E-state index is 0.00591. The summed E-state index contributed by atoms with van der Waals surface area (Å²) in [7, 11) is 0. The Morgan fingerprint density at radius 1 is 0.909 bits per heavy atom. The third-order valence-corrected chi connectivity index (χ3v) is 6.18. The zero-order valence-corrected chi connectivity index (χ0v) is 17.9. The van der Waals surface area contributed by atoms with Crippen LogP contribution in [0.4, 0.5) is 11.4 Å². The highest BCUT2D eigenvalue weighted by molar-refractivity contribution is 6.51. The lowest BCUT2D eigenvalue weighted by Gasteiger charge is -2.26. The first-order valence-corrected chi connectivity index (χ1v) is 10.9. The fourth-order valence-corrected chi connectivity index (χ4v) is 4.57. The second-order valence-corrected chi connectivity index (χ2v) is 8.21. The number of benzene rings is 2. The predicted octanol–water partition coefficient (Wildman–Crippen LogP) is 4.01. The fourth-order valence-electron chi connectivity index (χ4n) is 4.57. The maximum atomic E-state index is 13.2. The minimum Gasteiger partial charge on any atom is -0.508 e. The molecule has 2 N–H and O–H groups in total. The van der Waals surface area contributed by atoms with E-state index in [4.69, 9.17) is 0 Å². The van der Waals surface area contributed by atoms with Crippen LogP contribution >= 0.6 is 0 Å². The molecule has 0 spiro atoms. The van der Waals surface area contributed by atoms with E-state index in [2.05, 4.69) is 9.88 Å². The molecular formula is C26H23N3O4. The van der Waals surface area contributed by atoms with Crippen LogP contribution in [0.5, 0.6) is 5.75 Å². The van der Waals surface area contributed by atoms with Crippen molar-refractivity contribution in [1.29, 1.82) is 0 Å². The highest BCUT2D eigenvalue weighted by Crippen LogP contribution is 2.43. The Balaban J connectivity index is 1.63. The molecule has 1 aromatic heterocycles. The molecular weight excluding hydrogens is 418 g/mol. The van der Waals surface area contributed by atoms with Crippen molar-refractivity contribution in [2.24, 2.45) is 0 Å². The molecule has 2 fully saturated rings. The van der Waals surface area contributed by atoms with Gasteiger partial charge in [0, 0.05) is 42.4 Å². The number of carbonyl (C=O) groups is 2. The Kier molecular flexibility index (Phi) is 5.30. The van der Waals surface area contributed by atoms with E-state index in [9.17, 15) is 19.8 Å². The Hall–Kier alpha value is -4.13. The molecule has 2 aromatic carbocycles. The van der Waals surface area contributed by atoms with E-state index in [0.717, 1.165) is 31.6 Å². The molecule has 1 unspecified atom stereocenters. The van der Waals surface area contributed by atoms with Gasteiger partial charge in [0.1, 0.15) is 11.5 Å². The third-order valence-electron chi connectivity index (χ3n) is 6.18. The van der Waals surface area contributed by atoms with Crippen LogP contribution in [0.3, 0.4) is 0 Å². The molecule has 2 aliphatic heterocycles. The number of hydrogen-bond donors (Lipinski definition) is 2. The first-order valence-electron chi connectivity index (χ1n) is 10.9. The number of phenols is 1. The summed E-state index contributed by atoms with van der Waals surface area (Å²) in [5.74, 6) is -1.78. The quantitative estimate of drug-likeness (QED) is 0.361. The molecule has 166 valence electrons. The van der Waals surface area contributed by atoms with E-state index in [-0.39, 0.29) is 17.1 Å². The van der Waals surface area contributed by atoms with Gasteiger partial charge in [-0.25, -0.2) is 0 Å². The van der Waals surface area contributed by atoms with Gasteiger partial charge in [-0.15, -0.1) is 0 Å². The van der Waals surface area contributed by atoms with Gasteiger partial charge in [0.05, 0.1) is 11.6 Å². The number of ketones is 1. The number of anilines is 2. The van der Waals surface area contributed by atoms with Gasteiger partial charge in [-0.05, 0) is 66.9 Å². The second kappa shape index (κ2) is 8.43. The van der Waals surface area contributed by atoms with Crippen LogP contribution in [0.15, 0.2) is 78.6 Å². The van der Waals surface area contributed by atoms with Crippen LogP contribution in [-0.2, 0) is 9.59 Å². The normalized spacial score (nSPS) is 19.9. The number of amides is 1. The van der Waals surface area contributed by atoms with Gasteiger partial charge in [-0.2, -0.15) is 0 Å². The number of phenolic OH excluding ortho intramolecular Hbond substituents is 1. The largest absolute Gasteiger partial charge is 0.508 e. The smallest absolute Gasteiger partial charge is 0.300 e. The summed E-state index contributed by atoms with van der Waals surface area (Å²) in [6.07, 6.45) is 5.32. The van der Waals surface area contributed by atoms with Crippen LogP contribution in [0.2, 0.25) is 0 Å². The Labute approximate surface area is 191 Å². The number of rotatable bonds is 4. The zero-order valence-electron chi connectivity index (χ0n) is 17.9. The number of aromatic hydroxyl groups is 1. The number of carbonyl (C=O) groups excluding carboxylic acids is 2. The van der Waals surface area contributed by atoms with Crippen LogP contribution < -0.4 is 9.80 Å². The minimum atomic E-state index is -0.886. The lowest BCUT2D eigenvalue weighted by atomic mass is 9.95. The van der Waals surface area contributed by atoms with Crippen molar-refractivity contribution < 1.29 is 19.8 Å². The lowest BCUT2D eigenvalue weighted by Crippen LogP contribution is -2.29. The number of Topliss-reactive ketones (excluding diaryl/α,β-unsaturated/α-hetero) is 1. The maximum absolute atomic E-state index is 13.2. The van der Waals surface area contributed by atoms with Crippen molar-refractivity contribution in [2.45, 2.75) is 18.9 Å². The van der Waals surface area contributed by atoms with Crippen molar-refractivity contribution in [1.82, 2.24) is 4.98 Å². The van der Waals surface area contributed by atoms with E-state index in [1.54, 1.807) is 24.3 Å². The SMILES string of the molecule is O=C1C(=O)N(c2ccc(N3CCCC3)cc2)C(c2cccc(O)c2)/C1=C(\O)c1ccncc1. The van der Waals surface area contributed by atoms with Gasteiger partial charge in [0.15, 0.2) is 0 Å². The van der Waals surface area contributed by atoms with Crippen molar-refractivity contribution in [2.75, 3.05) is 22.9 Å². The summed E-state index contributed by atoms with van der Waals surface area (Å²) in [5, 5.41) is 21.1. The Morgan fingerprint density at radius 2 is 1.58 bits per heavy atom. The van der Waals surface area contributed by atoms with Crippen molar-refractivity contribution in [3.63, 3.8) is 0 Å². The summed E-state index contributed by atoms with van der Waals surface area (Å²) < 4.78 is 0. The van der Waals surface area contributed by atoms with Crippen LogP contribution in [-0.4, -0.2) is 40.0 Å². The molecule has 5 rings (SSSR count). The Morgan fingerprint density at radius 3 is 2.24 bits per heavy atom. The van der Waals surface area contributed by atoms with Crippen molar-refractivity contribution in [3.8, 4) is 5.75 Å². The monoisotopic (exact) mass is 441 g/mol. The summed E-state index contributed by atoms with van der Waals surface area (Å²) >= 11 is 0. The summed E-state index contributed by atoms with van der Waals surface area (Å²) in [4.78, 5) is 34.0. The van der Waals surface area contributed by atoms with Crippen LogP contribution in [0, 0.1) is 0 Å². The average molecular weight is 441 g/mol. The zero-order chi connectivity index (χ0) is 22.9. The maximum Gasteiger partial charge on any atom is 0.300 e. The summed E-state index contributed by atoms with van der Waals surface area (Å²) in [6, 6.07) is 16.2. The average Bonchev–Trinajstić information content (AvgIpc) is 3.47. The van der Waals surface area contributed by atoms with Gasteiger partial charge in [-0.3, -0.25) is 19.5 Å². The standard InChI is InChI=1S/C26H23N3O4/c30-21-5-3-4-18(16-21)23-22(24(31)17-10-12-27-13-11-17)25(32)26(33)29(23)20-8-6-19(7-9-20)28-14-1-2-15-28/h3-13,16,23,30-31H,1-2,14-15H2/b24-22+. The molecule has 3 aromatic rings. The molecule has 7 nitrogen and oxygen atoms in total. The van der Waals surface area contributed by atoms with Crippen LogP contribution in [0.25, 0.3) is 5.76 Å². The van der Waals surface area contributed by atoms with E-state index >= 15 is 0 Å². The molecule has 3 heterocycles. The van der Waals surface area contributed by atoms with E-state index in [1.807, 2.05) is 24.3 Å². The molecule has 2 aliphatic rings. The fraction of sp³-hybridized carbons (Fsp3) is 0.192. The lowest BCUT2D eigenvalue weighted by molar-refractivity contribution is -0.132. The molecule has 0 bridgehead atoms. The molecule has 1 amide bonds. The number of aliphatic hydroxyl groups is 1. The molecule has 7 heteroatoms. The number of hydrogen-bond acceptors (Lipinski definition) is 6. The molecule has 0 radical (unpaired) electrons. The van der Waals surface area contributed by atoms with Gasteiger partial charge < -0.3 is 15.1 Å². The Bertz CT molecular complexity index is 1230. The van der Waals surface area contributed by atoms with Crippen molar-refractivity contribution >= 4 is 28.8 Å². The summed E-state index contributed by atoms with van der Waals surface area (Å²) in [5.41, 5.74) is 2.49. The number of nitrogens with zero attached hydrogens (tertiary/aromatic N) is 3. The first-order chi connectivity index (χ1) is 16.0. The second-order valence-electron chi connectivity index (χ2n) is 8.21. The summed E-state index contributed by atoms with van der Waals surface area (Å²) in [6.45, 7) is 2.00. The predicted molar refractivity (Wildman–Crippen MR) is 125 cm³/mol. The van der Waals surface area contributed by atoms with Gasteiger partial charge in [-0.1, -0.05) is 12.1 Å². The molecule has 33 heavy (non-hydrogen) atoms. The highest BCUT2D eigenvalue weighted by Gasteiger charge is 2.47. The van der Waals surface area contributed by atoms with Gasteiger partial charge in [0.2, 0.25) is 0 Å². The van der Waals surface area contributed by atoms with Gasteiger partial charge in [0.25, 0.3) is 11.7 Å². The van der Waals surface area contributed by atoms with E-state index in [0.29, 0.717) is 16.8 Å². The molecule has 0 aliphatic carbocycles. The topological polar surface area (TPSA) is 94.0 Å². The van der Waals surface area contributed by atoms with E-state index < -0.39 is 17.7 Å². The van der Waals surface area contributed by atoms with Crippen LogP contribution in [0.1, 0.15) is 30.0 Å². The third kappa shape index (κ3) is 3.71. The highest BCUT2D eigenvalue weighted by atomic mass is 16.3. The number of aromatic nitrogens is 1. The van der Waals surface area contributed by atoms with E-state index in [1.165, 1.54) is 29.4 Å². The van der Waals surface area contributed by atoms with Crippen molar-refractivity contribution in [3.05, 3.63) is 89.8 Å². The van der Waals surface area contributed by atoms with Gasteiger partial charge >= 0.3 is 0 Å². The molecule has 2 saturated heterocycles.